The van der Waals surface area contributed by atoms with Gasteiger partial charge in [-0.1, -0.05) is 6.92 Å². The smallest absolute Gasteiger partial charge is 0.319 e. The third kappa shape index (κ3) is 3.69. The Morgan fingerprint density at radius 3 is 2.73 bits per heavy atom. The lowest BCUT2D eigenvalue weighted by molar-refractivity contribution is -0.139. The Kier molecular flexibility index (Phi) is 4.27. The van der Waals surface area contributed by atoms with Gasteiger partial charge in [-0.05, 0) is 6.92 Å². The van der Waals surface area contributed by atoms with Crippen LogP contribution in [0.2, 0.25) is 0 Å². The van der Waals surface area contributed by atoms with Gasteiger partial charge in [0, 0.05) is 25.9 Å². The Hall–Kier alpha value is -1.39. The molecule has 1 heterocycles. The number of nitrogens with zero attached hydrogens (tertiary/aromatic N) is 2. The maximum Gasteiger partial charge on any atom is 0.319 e. The molecule has 0 radical (unpaired) electrons. The number of carbonyl (C=O) groups is 2. The van der Waals surface area contributed by atoms with Gasteiger partial charge in [0.1, 0.15) is 12.2 Å². The maximum absolute atomic E-state index is 11.2. The summed E-state index contributed by atoms with van der Waals surface area (Å²) in [6, 6.07) is 0. The molecule has 0 saturated carbocycles. The van der Waals surface area contributed by atoms with Crippen molar-refractivity contribution in [1.29, 1.82) is 0 Å². The number of rotatable bonds is 4. The van der Waals surface area contributed by atoms with E-state index in [2.05, 4.69) is 5.10 Å². The van der Waals surface area contributed by atoms with Crippen molar-refractivity contribution in [3.05, 3.63) is 0 Å². The molecule has 0 N–H and O–H groups in total. The van der Waals surface area contributed by atoms with E-state index >= 15 is 0 Å². The van der Waals surface area contributed by atoms with Crippen LogP contribution in [0.4, 0.5) is 0 Å². The molecule has 5 heteroatoms. The van der Waals surface area contributed by atoms with Crippen LogP contribution in [0.1, 0.15) is 33.1 Å². The van der Waals surface area contributed by atoms with E-state index in [0.717, 1.165) is 13.1 Å². The molecule has 1 aliphatic rings. The van der Waals surface area contributed by atoms with E-state index < -0.39 is 5.97 Å². The molecule has 0 spiro atoms. The van der Waals surface area contributed by atoms with E-state index in [1.54, 1.807) is 6.92 Å². The van der Waals surface area contributed by atoms with Gasteiger partial charge in [0.2, 0.25) is 5.90 Å². The summed E-state index contributed by atoms with van der Waals surface area (Å²) < 4.78 is 4.96. The Labute approximate surface area is 89.1 Å². The van der Waals surface area contributed by atoms with E-state index in [4.69, 9.17) is 4.74 Å². The van der Waals surface area contributed by atoms with Gasteiger partial charge in [-0.15, -0.1) is 5.10 Å². The lowest BCUT2D eigenvalue weighted by atomic mass is 10.2. The van der Waals surface area contributed by atoms with E-state index in [9.17, 15) is 9.59 Å². The molecule has 0 aromatic heterocycles. The second kappa shape index (κ2) is 5.48. The van der Waals surface area contributed by atoms with Gasteiger partial charge in [0.05, 0.1) is 0 Å². The number of ketones is 1. The van der Waals surface area contributed by atoms with E-state index in [1.807, 2.05) is 11.9 Å². The number of hydrogen-bond donors (Lipinski definition) is 0. The van der Waals surface area contributed by atoms with Gasteiger partial charge in [0.25, 0.3) is 0 Å². The normalized spacial score (nSPS) is 15.1. The lowest BCUT2D eigenvalue weighted by Crippen LogP contribution is -2.14. The highest BCUT2D eigenvalue weighted by molar-refractivity contribution is 6.00. The molecular weight excluding hydrogens is 196 g/mol. The van der Waals surface area contributed by atoms with Crippen molar-refractivity contribution in [3.63, 3.8) is 0 Å². The minimum Gasteiger partial charge on any atom is -0.410 e. The van der Waals surface area contributed by atoms with Crippen molar-refractivity contribution in [2.45, 2.75) is 33.1 Å². The number of esters is 1. The molecule has 0 bridgehead atoms. The molecule has 0 aromatic carbocycles. The molecule has 0 atom stereocenters. The van der Waals surface area contributed by atoms with Crippen LogP contribution >= 0.6 is 0 Å². The molecule has 84 valence electrons. The summed E-state index contributed by atoms with van der Waals surface area (Å²) in [4.78, 5) is 22.2. The SMILES string of the molecule is CCC(=O)CC(=O)OC1=NN(CC)CC1. The molecule has 0 fully saturated rings. The molecule has 5 nitrogen and oxygen atoms in total. The number of carbonyl (C=O) groups excluding carboxylic acids is 2. The lowest BCUT2D eigenvalue weighted by Gasteiger charge is -2.06. The van der Waals surface area contributed by atoms with Gasteiger partial charge in [-0.2, -0.15) is 0 Å². The van der Waals surface area contributed by atoms with Crippen molar-refractivity contribution in [2.75, 3.05) is 13.1 Å². The topological polar surface area (TPSA) is 59.0 Å². The maximum atomic E-state index is 11.2. The summed E-state index contributed by atoms with van der Waals surface area (Å²) in [6.45, 7) is 5.28. The predicted molar refractivity (Wildman–Crippen MR) is 55.3 cm³/mol. The van der Waals surface area contributed by atoms with Crippen LogP contribution in [0, 0.1) is 0 Å². The third-order valence-corrected chi connectivity index (χ3v) is 2.17. The molecule has 1 aliphatic heterocycles. The fourth-order valence-electron chi connectivity index (χ4n) is 1.24. The zero-order valence-electron chi connectivity index (χ0n) is 9.15. The van der Waals surface area contributed by atoms with E-state index in [0.29, 0.717) is 18.7 Å². The molecule has 0 amide bonds. The molecule has 1 rings (SSSR count). The molecular formula is C10H16N2O3. The average Bonchev–Trinajstić information content (AvgIpc) is 2.65. The number of ether oxygens (including phenoxy) is 1. The monoisotopic (exact) mass is 212 g/mol. The van der Waals surface area contributed by atoms with Crippen molar-refractivity contribution >= 4 is 17.7 Å². The molecule has 15 heavy (non-hydrogen) atoms. The number of hydrazone groups is 1. The first kappa shape index (κ1) is 11.7. The highest BCUT2D eigenvalue weighted by Gasteiger charge is 2.18. The summed E-state index contributed by atoms with van der Waals surface area (Å²) in [6.07, 6.45) is 0.851. The number of Topliss-reactive ketones (excluding diaryl/α,β-unsaturated/α-hetero) is 1. The Morgan fingerprint density at radius 2 is 2.20 bits per heavy atom. The van der Waals surface area contributed by atoms with Crippen molar-refractivity contribution in [3.8, 4) is 0 Å². The summed E-state index contributed by atoms with van der Waals surface area (Å²) in [7, 11) is 0. The first-order valence-corrected chi connectivity index (χ1v) is 5.20. The van der Waals surface area contributed by atoms with E-state index in [1.165, 1.54) is 0 Å². The van der Waals surface area contributed by atoms with Gasteiger partial charge in [-0.3, -0.25) is 14.6 Å². The fraction of sp³-hybridized carbons (Fsp3) is 0.700. The summed E-state index contributed by atoms with van der Waals surface area (Å²) >= 11 is 0. The van der Waals surface area contributed by atoms with Gasteiger partial charge in [-0.25, -0.2) is 0 Å². The third-order valence-electron chi connectivity index (χ3n) is 2.17. The van der Waals surface area contributed by atoms with Gasteiger partial charge in [0.15, 0.2) is 0 Å². The van der Waals surface area contributed by atoms with Crippen LogP contribution < -0.4 is 0 Å². The summed E-state index contributed by atoms with van der Waals surface area (Å²) in [5.74, 6) is -0.185. The first-order valence-electron chi connectivity index (χ1n) is 5.20. The van der Waals surface area contributed by atoms with Crippen molar-refractivity contribution in [1.82, 2.24) is 5.01 Å². The van der Waals surface area contributed by atoms with Gasteiger partial charge >= 0.3 is 5.97 Å². The minimum absolute atomic E-state index is 0.106. The predicted octanol–water partition coefficient (Wildman–Crippen LogP) is 0.938. The molecule has 0 unspecified atom stereocenters. The quantitative estimate of drug-likeness (QED) is 0.514. The number of hydrogen-bond acceptors (Lipinski definition) is 5. The van der Waals surface area contributed by atoms with Crippen molar-refractivity contribution < 1.29 is 14.3 Å². The van der Waals surface area contributed by atoms with Crippen molar-refractivity contribution in [2.24, 2.45) is 5.10 Å². The largest absolute Gasteiger partial charge is 0.410 e. The molecule has 0 saturated heterocycles. The molecule has 0 aliphatic carbocycles. The Morgan fingerprint density at radius 1 is 1.47 bits per heavy atom. The van der Waals surface area contributed by atoms with Crippen LogP contribution in [0.5, 0.6) is 0 Å². The second-order valence-corrected chi connectivity index (χ2v) is 3.33. The fourth-order valence-corrected chi connectivity index (χ4v) is 1.24. The summed E-state index contributed by atoms with van der Waals surface area (Å²) in [5.41, 5.74) is 0. The van der Waals surface area contributed by atoms with Gasteiger partial charge < -0.3 is 4.74 Å². The second-order valence-electron chi connectivity index (χ2n) is 3.33. The first-order chi connectivity index (χ1) is 7.15. The zero-order valence-corrected chi connectivity index (χ0v) is 9.15. The van der Waals surface area contributed by atoms with Crippen LogP contribution in [0.3, 0.4) is 0 Å². The Balaban J connectivity index is 2.36. The van der Waals surface area contributed by atoms with Crippen LogP contribution in [0.25, 0.3) is 0 Å². The zero-order chi connectivity index (χ0) is 11.3. The average molecular weight is 212 g/mol. The van der Waals surface area contributed by atoms with Crippen LogP contribution in [0.15, 0.2) is 5.10 Å². The summed E-state index contributed by atoms with van der Waals surface area (Å²) in [5, 5.41) is 5.90. The minimum atomic E-state index is -0.501. The van der Waals surface area contributed by atoms with Crippen LogP contribution in [-0.2, 0) is 14.3 Å². The van der Waals surface area contributed by atoms with E-state index in [-0.39, 0.29) is 12.2 Å². The highest BCUT2D eigenvalue weighted by atomic mass is 16.5. The van der Waals surface area contributed by atoms with Crippen LogP contribution in [-0.4, -0.2) is 35.7 Å². The highest BCUT2D eigenvalue weighted by Crippen LogP contribution is 2.07. The molecule has 0 aromatic rings. The Bertz CT molecular complexity index is 286. The standard InChI is InChI=1S/C10H16N2O3/c1-3-8(13)7-10(14)15-9-5-6-12(4-2)11-9/h3-7H2,1-2H3.